The van der Waals surface area contributed by atoms with Gasteiger partial charge in [0.2, 0.25) is 0 Å². The normalized spacial score (nSPS) is 24.6. The highest BCUT2D eigenvalue weighted by Gasteiger charge is 2.22. The van der Waals surface area contributed by atoms with Crippen LogP contribution in [0.1, 0.15) is 13.8 Å². The van der Waals surface area contributed by atoms with Gasteiger partial charge < -0.3 is 10.5 Å². The van der Waals surface area contributed by atoms with Crippen molar-refractivity contribution in [2.75, 3.05) is 39.8 Å². The highest BCUT2D eigenvalue weighted by atomic mass is 32.1. The van der Waals surface area contributed by atoms with Crippen molar-refractivity contribution in [1.29, 1.82) is 0 Å². The van der Waals surface area contributed by atoms with Crippen LogP contribution >= 0.6 is 12.2 Å². The lowest BCUT2D eigenvalue weighted by atomic mass is 10.2. The van der Waals surface area contributed by atoms with Crippen molar-refractivity contribution >= 4 is 17.2 Å². The number of likely N-dealkylation sites (N-methyl/N-ethyl adjacent to an activating group) is 2. The molecule has 0 spiro atoms. The summed E-state index contributed by atoms with van der Waals surface area (Å²) in [4.78, 5) is 5.12. The van der Waals surface area contributed by atoms with E-state index in [1.165, 1.54) is 0 Å². The summed E-state index contributed by atoms with van der Waals surface area (Å²) >= 11 is 4.99. The summed E-state index contributed by atoms with van der Waals surface area (Å²) in [6.45, 7) is 9.07. The number of morpholine rings is 1. The molecule has 2 atom stereocenters. The van der Waals surface area contributed by atoms with Crippen molar-refractivity contribution in [1.82, 2.24) is 9.80 Å². The van der Waals surface area contributed by atoms with E-state index in [1.54, 1.807) is 0 Å². The minimum Gasteiger partial charge on any atom is -0.392 e. The zero-order chi connectivity index (χ0) is 12.1. The van der Waals surface area contributed by atoms with Gasteiger partial charge in [-0.25, -0.2) is 0 Å². The smallest absolute Gasteiger partial charge is 0.0899 e. The van der Waals surface area contributed by atoms with Gasteiger partial charge in [-0.2, -0.15) is 0 Å². The van der Waals surface area contributed by atoms with Crippen LogP contribution in [0.2, 0.25) is 0 Å². The van der Waals surface area contributed by atoms with Crippen LogP contribution in [0.4, 0.5) is 0 Å². The summed E-state index contributed by atoms with van der Waals surface area (Å²) in [6.07, 6.45) is 0.274. The second-order valence-corrected chi connectivity index (χ2v) is 4.88. The molecule has 0 bridgehead atoms. The Morgan fingerprint density at radius 1 is 1.69 bits per heavy atom. The molecule has 1 saturated heterocycles. The summed E-state index contributed by atoms with van der Waals surface area (Å²) in [5, 5.41) is 0. The van der Waals surface area contributed by atoms with Crippen LogP contribution in [0.15, 0.2) is 0 Å². The Morgan fingerprint density at radius 2 is 2.38 bits per heavy atom. The molecule has 1 aliphatic heterocycles. The fourth-order valence-corrected chi connectivity index (χ4v) is 2.05. The van der Waals surface area contributed by atoms with E-state index in [9.17, 15) is 0 Å². The average Bonchev–Trinajstić information content (AvgIpc) is 2.28. The molecule has 1 rings (SSSR count). The molecular formula is C11H23N3OS. The predicted octanol–water partition coefficient (Wildman–Crippen LogP) is 0.314. The molecule has 2 unspecified atom stereocenters. The topological polar surface area (TPSA) is 41.7 Å². The highest BCUT2D eigenvalue weighted by Crippen LogP contribution is 2.07. The number of ether oxygens (including phenoxy) is 1. The first kappa shape index (κ1) is 13.8. The van der Waals surface area contributed by atoms with E-state index < -0.39 is 0 Å². The maximum absolute atomic E-state index is 5.74. The molecule has 2 N–H and O–H groups in total. The molecule has 0 aromatic heterocycles. The lowest BCUT2D eigenvalue weighted by molar-refractivity contribution is -0.0401. The second kappa shape index (κ2) is 6.49. The second-order valence-electron chi connectivity index (χ2n) is 4.40. The molecule has 0 radical (unpaired) electrons. The molecule has 0 amide bonds. The van der Waals surface area contributed by atoms with E-state index in [4.69, 9.17) is 22.7 Å². The molecule has 0 aliphatic carbocycles. The Kier molecular flexibility index (Phi) is 5.61. The van der Waals surface area contributed by atoms with Crippen molar-refractivity contribution in [2.24, 2.45) is 5.73 Å². The van der Waals surface area contributed by atoms with Crippen molar-refractivity contribution in [3.8, 4) is 0 Å². The number of nitrogens with two attached hydrogens (primary N) is 1. The molecule has 1 aliphatic rings. The molecule has 5 heteroatoms. The largest absolute Gasteiger partial charge is 0.392 e. The van der Waals surface area contributed by atoms with Gasteiger partial charge in [-0.15, -0.1) is 0 Å². The van der Waals surface area contributed by atoms with E-state index in [0.29, 0.717) is 4.99 Å². The molecule has 16 heavy (non-hydrogen) atoms. The molecule has 0 saturated carbocycles. The molecular weight excluding hydrogens is 222 g/mol. The Labute approximate surface area is 104 Å². The monoisotopic (exact) mass is 245 g/mol. The summed E-state index contributed by atoms with van der Waals surface area (Å²) in [5.41, 5.74) is 5.63. The van der Waals surface area contributed by atoms with Gasteiger partial charge >= 0.3 is 0 Å². The van der Waals surface area contributed by atoms with Crippen LogP contribution in [-0.2, 0) is 4.74 Å². The lowest BCUT2D eigenvalue weighted by Crippen LogP contribution is -2.50. The van der Waals surface area contributed by atoms with Crippen LogP contribution in [-0.4, -0.2) is 66.8 Å². The summed E-state index contributed by atoms with van der Waals surface area (Å²) in [6, 6.07) is 0.135. The Balaban J connectivity index is 2.38. The van der Waals surface area contributed by atoms with Crippen LogP contribution < -0.4 is 5.73 Å². The minimum atomic E-state index is 0.135. The first-order valence-corrected chi connectivity index (χ1v) is 6.29. The van der Waals surface area contributed by atoms with Crippen LogP contribution in [0.25, 0.3) is 0 Å². The van der Waals surface area contributed by atoms with E-state index in [-0.39, 0.29) is 12.1 Å². The number of rotatable bonds is 5. The van der Waals surface area contributed by atoms with Crippen molar-refractivity contribution in [3.63, 3.8) is 0 Å². The van der Waals surface area contributed by atoms with Crippen molar-refractivity contribution in [2.45, 2.75) is 26.0 Å². The van der Waals surface area contributed by atoms with Gasteiger partial charge in [0.05, 0.1) is 23.7 Å². The zero-order valence-corrected chi connectivity index (χ0v) is 11.3. The van der Waals surface area contributed by atoms with Gasteiger partial charge in [-0.3, -0.25) is 9.80 Å². The number of hydrogen-bond donors (Lipinski definition) is 1. The predicted molar refractivity (Wildman–Crippen MR) is 70.7 cm³/mol. The van der Waals surface area contributed by atoms with E-state index >= 15 is 0 Å². The quantitative estimate of drug-likeness (QED) is 0.706. The van der Waals surface area contributed by atoms with Crippen LogP contribution in [0, 0.1) is 0 Å². The third kappa shape index (κ3) is 3.97. The van der Waals surface area contributed by atoms with Gasteiger partial charge in [-0.05, 0) is 20.5 Å². The molecule has 1 fully saturated rings. The van der Waals surface area contributed by atoms with Gasteiger partial charge in [-0.1, -0.05) is 19.1 Å². The van der Waals surface area contributed by atoms with Crippen LogP contribution in [0.5, 0.6) is 0 Å². The first-order valence-electron chi connectivity index (χ1n) is 5.88. The van der Waals surface area contributed by atoms with Gasteiger partial charge in [0, 0.05) is 19.6 Å². The van der Waals surface area contributed by atoms with Gasteiger partial charge in [0.15, 0.2) is 0 Å². The average molecular weight is 245 g/mol. The van der Waals surface area contributed by atoms with Gasteiger partial charge in [0.1, 0.15) is 0 Å². The van der Waals surface area contributed by atoms with E-state index in [1.807, 2.05) is 14.0 Å². The molecule has 0 aromatic carbocycles. The number of nitrogens with zero attached hydrogens (tertiary/aromatic N) is 2. The Morgan fingerprint density at radius 3 is 2.94 bits per heavy atom. The summed E-state index contributed by atoms with van der Waals surface area (Å²) in [5.74, 6) is 0. The molecule has 0 aromatic rings. The molecule has 94 valence electrons. The third-order valence-electron chi connectivity index (χ3n) is 3.23. The number of thiocarbonyl (C=S) groups is 1. The molecule has 4 nitrogen and oxygen atoms in total. The first-order chi connectivity index (χ1) is 7.54. The summed E-state index contributed by atoms with van der Waals surface area (Å²) in [7, 11) is 2.04. The fraction of sp³-hybridized carbons (Fsp3) is 0.909. The van der Waals surface area contributed by atoms with Crippen molar-refractivity contribution < 1.29 is 4.74 Å². The van der Waals surface area contributed by atoms with Crippen LogP contribution in [0.3, 0.4) is 0 Å². The van der Waals surface area contributed by atoms with Crippen molar-refractivity contribution in [3.05, 3.63) is 0 Å². The fourth-order valence-electron chi connectivity index (χ4n) is 1.87. The summed E-state index contributed by atoms with van der Waals surface area (Å²) < 4.78 is 5.74. The van der Waals surface area contributed by atoms with Gasteiger partial charge in [0.25, 0.3) is 0 Å². The minimum absolute atomic E-state index is 0.135. The van der Waals surface area contributed by atoms with E-state index in [0.717, 1.165) is 32.8 Å². The Bertz CT molecular complexity index is 237. The Hall–Kier alpha value is -0.230. The highest BCUT2D eigenvalue weighted by molar-refractivity contribution is 7.80. The number of hydrogen-bond acceptors (Lipinski definition) is 4. The maximum Gasteiger partial charge on any atom is 0.0899 e. The SMILES string of the molecule is CCN1CCOC(CN(C)C(C)C(N)=S)C1. The molecule has 1 heterocycles. The van der Waals surface area contributed by atoms with E-state index in [2.05, 4.69) is 16.7 Å². The standard InChI is InChI=1S/C11H23N3OS/c1-4-14-5-6-15-10(8-14)7-13(3)9(2)11(12)16/h9-10H,4-8H2,1-3H3,(H2,12,16). The third-order valence-corrected chi connectivity index (χ3v) is 3.58. The zero-order valence-electron chi connectivity index (χ0n) is 10.5. The maximum atomic E-state index is 5.74. The lowest BCUT2D eigenvalue weighted by Gasteiger charge is -2.35.